The number of hydrogen-bond acceptors (Lipinski definition) is 10. The van der Waals surface area contributed by atoms with Crippen LogP contribution in [0.15, 0.2) is 0 Å². The number of rotatable bonds is 6. The molecule has 0 aliphatic carbocycles. The largest absolute Gasteiger partial charge is 1.00 e. The van der Waals surface area contributed by atoms with Crippen LogP contribution in [0.3, 0.4) is 0 Å². The van der Waals surface area contributed by atoms with Gasteiger partial charge < -0.3 is 34.1 Å². The van der Waals surface area contributed by atoms with Gasteiger partial charge in [0.15, 0.2) is 0 Å². The number of carboxylic acid groups (broad SMARTS) is 1. The summed E-state index contributed by atoms with van der Waals surface area (Å²) in [6, 6.07) is -2.97. The fraction of sp³-hybridized carbons (Fsp3) is 0.500. The van der Waals surface area contributed by atoms with Crippen molar-refractivity contribution in [3.8, 4) is 0 Å². The average Bonchev–Trinajstić information content (AvgIpc) is 2.55. The molecule has 12 nitrogen and oxygen atoms in total. The molecule has 0 aromatic carbocycles. The Morgan fingerprint density at radius 1 is 1.23 bits per heavy atom. The minimum Gasteiger partial charge on any atom is -0.548 e. The molecule has 1 aliphatic heterocycles. The van der Waals surface area contributed by atoms with E-state index in [1.807, 2.05) is 5.32 Å². The standard InChI is InChI=1S/C12H15N2O10P.Na/c1-5(15)13-7(11(19)20)3-9(17)22-25-23-10(18)4-8(12(21)24-25)14-6(2)16;/h7-8H,3-4H2,1-2H3,(H,13,15)(H,14,16)(H,19,20);/q;+1/p-1/t7-,8-,25?;/m0./s1. The van der Waals surface area contributed by atoms with Gasteiger partial charge in [0.25, 0.3) is 0 Å². The van der Waals surface area contributed by atoms with Crippen LogP contribution in [0, 0.1) is 0 Å². The number of carbonyl (C=O) groups is 6. The molecule has 0 bridgehead atoms. The van der Waals surface area contributed by atoms with Gasteiger partial charge in [-0.2, -0.15) is 0 Å². The Kier molecular flexibility index (Phi) is 10.3. The van der Waals surface area contributed by atoms with Gasteiger partial charge in [0.2, 0.25) is 11.8 Å². The second-order valence-corrected chi connectivity index (χ2v) is 5.79. The molecule has 2 amide bonds. The van der Waals surface area contributed by atoms with Crippen LogP contribution < -0.4 is 45.3 Å². The van der Waals surface area contributed by atoms with Gasteiger partial charge in [0, 0.05) is 13.8 Å². The van der Waals surface area contributed by atoms with Gasteiger partial charge in [-0.3, -0.25) is 19.2 Å². The predicted molar refractivity (Wildman–Crippen MR) is 74.6 cm³/mol. The fourth-order valence-corrected chi connectivity index (χ4v) is 2.51. The summed E-state index contributed by atoms with van der Waals surface area (Å²) < 4.78 is 13.9. The van der Waals surface area contributed by atoms with Crippen LogP contribution in [0.25, 0.3) is 0 Å². The number of carboxylic acids is 1. The first-order valence-electron chi connectivity index (χ1n) is 6.77. The van der Waals surface area contributed by atoms with Gasteiger partial charge in [0.1, 0.15) is 6.04 Å². The van der Waals surface area contributed by atoms with Crippen LogP contribution in [-0.4, -0.2) is 47.8 Å². The van der Waals surface area contributed by atoms with Crippen molar-refractivity contribution in [3.63, 3.8) is 0 Å². The van der Waals surface area contributed by atoms with Crippen LogP contribution in [0.5, 0.6) is 0 Å². The van der Waals surface area contributed by atoms with E-state index in [1.165, 1.54) is 0 Å². The minimum absolute atomic E-state index is 0. The molecule has 1 fully saturated rings. The molecule has 1 aliphatic rings. The van der Waals surface area contributed by atoms with Crippen molar-refractivity contribution in [1.82, 2.24) is 10.6 Å². The molecule has 14 heteroatoms. The zero-order chi connectivity index (χ0) is 19.1. The van der Waals surface area contributed by atoms with Crippen LogP contribution >= 0.6 is 8.60 Å². The smallest absolute Gasteiger partial charge is 0.548 e. The minimum atomic E-state index is -2.76. The third kappa shape index (κ3) is 8.56. The number of aliphatic carboxylic acids is 1. The van der Waals surface area contributed by atoms with Crippen molar-refractivity contribution < 1.29 is 77.0 Å². The topological polar surface area (TPSA) is 177 Å². The Bertz CT molecular complexity index is 613. The van der Waals surface area contributed by atoms with E-state index >= 15 is 0 Å². The van der Waals surface area contributed by atoms with Gasteiger partial charge in [-0.05, 0) is 0 Å². The summed E-state index contributed by atoms with van der Waals surface area (Å²) in [6.07, 6.45) is -1.37. The molecule has 3 atom stereocenters. The van der Waals surface area contributed by atoms with E-state index in [0.717, 1.165) is 13.8 Å². The zero-order valence-corrected chi connectivity index (χ0v) is 17.0. The van der Waals surface area contributed by atoms with Crippen molar-refractivity contribution >= 4 is 44.3 Å². The third-order valence-electron chi connectivity index (χ3n) is 2.58. The quantitative estimate of drug-likeness (QED) is 0.323. The van der Waals surface area contributed by atoms with E-state index in [0.29, 0.717) is 0 Å². The van der Waals surface area contributed by atoms with Gasteiger partial charge in [-0.1, -0.05) is 0 Å². The zero-order valence-electron chi connectivity index (χ0n) is 14.1. The maximum absolute atomic E-state index is 11.8. The molecular weight excluding hydrogens is 386 g/mol. The second kappa shape index (κ2) is 11.1. The van der Waals surface area contributed by atoms with Crippen LogP contribution in [0.2, 0.25) is 0 Å². The van der Waals surface area contributed by atoms with E-state index in [1.54, 1.807) is 0 Å². The van der Waals surface area contributed by atoms with Crippen molar-refractivity contribution in [1.29, 1.82) is 0 Å². The summed E-state index contributed by atoms with van der Waals surface area (Å²) in [5.74, 6) is -6.29. The van der Waals surface area contributed by atoms with E-state index in [9.17, 15) is 33.9 Å². The van der Waals surface area contributed by atoms with Crippen molar-refractivity contribution in [3.05, 3.63) is 0 Å². The Hall–Kier alpha value is -1.75. The van der Waals surface area contributed by atoms with Crippen LogP contribution in [-0.2, 0) is 42.3 Å². The third-order valence-corrected chi connectivity index (χ3v) is 3.62. The van der Waals surface area contributed by atoms with Gasteiger partial charge >= 0.3 is 56.1 Å². The molecule has 1 saturated heterocycles. The summed E-state index contributed by atoms with van der Waals surface area (Å²) >= 11 is 0. The SMILES string of the molecule is CC(=O)N[C@@H](CC(=O)OP1OC(=O)C[C@H](NC(C)=O)C(=O)O1)C(=O)[O-].[Na+]. The first-order chi connectivity index (χ1) is 11.6. The molecule has 0 radical (unpaired) electrons. The molecule has 1 rings (SSSR count). The van der Waals surface area contributed by atoms with E-state index in [2.05, 4.69) is 18.9 Å². The maximum atomic E-state index is 11.8. The molecule has 0 spiro atoms. The molecule has 138 valence electrons. The molecule has 1 heterocycles. The summed E-state index contributed by atoms with van der Waals surface area (Å²) in [5, 5.41) is 14.9. The van der Waals surface area contributed by atoms with Gasteiger partial charge in [0.05, 0.1) is 24.9 Å². The Morgan fingerprint density at radius 3 is 2.35 bits per heavy atom. The summed E-state index contributed by atoms with van der Waals surface area (Å²) in [7, 11) is -2.76. The first kappa shape index (κ1) is 24.2. The Labute approximate surface area is 170 Å². The average molecular weight is 400 g/mol. The van der Waals surface area contributed by atoms with E-state index in [4.69, 9.17) is 0 Å². The van der Waals surface area contributed by atoms with E-state index in [-0.39, 0.29) is 29.6 Å². The molecule has 26 heavy (non-hydrogen) atoms. The molecule has 2 N–H and O–H groups in total. The predicted octanol–water partition coefficient (Wildman–Crippen LogP) is -5.60. The van der Waals surface area contributed by atoms with Crippen molar-refractivity contribution in [2.45, 2.75) is 38.8 Å². The van der Waals surface area contributed by atoms with Crippen molar-refractivity contribution in [2.24, 2.45) is 0 Å². The summed E-state index contributed by atoms with van der Waals surface area (Å²) in [6.45, 7) is 2.15. The Balaban J connectivity index is 0.00000625. The number of carbonyl (C=O) groups excluding carboxylic acids is 6. The van der Waals surface area contributed by atoms with Crippen molar-refractivity contribution in [2.75, 3.05) is 0 Å². The van der Waals surface area contributed by atoms with Crippen LogP contribution in [0.1, 0.15) is 26.7 Å². The second-order valence-electron chi connectivity index (χ2n) is 4.79. The molecule has 0 aromatic heterocycles. The van der Waals surface area contributed by atoms with Gasteiger partial charge in [-0.15, -0.1) is 0 Å². The monoisotopic (exact) mass is 400 g/mol. The normalized spacial score (nSPS) is 20.2. The molecule has 0 saturated carbocycles. The fourth-order valence-electron chi connectivity index (χ4n) is 1.64. The molecular formula is C12H14N2NaO10P. The number of amides is 2. The summed E-state index contributed by atoms with van der Waals surface area (Å²) in [4.78, 5) is 67.6. The first-order valence-corrected chi connectivity index (χ1v) is 7.86. The number of nitrogens with one attached hydrogen (secondary N) is 2. The number of hydrogen-bond donors (Lipinski definition) is 2. The van der Waals surface area contributed by atoms with E-state index < -0.39 is 69.2 Å². The molecule has 0 aromatic rings. The summed E-state index contributed by atoms with van der Waals surface area (Å²) in [5.41, 5.74) is 0. The maximum Gasteiger partial charge on any atom is 1.00 e. The van der Waals surface area contributed by atoms with Gasteiger partial charge in [-0.25, -0.2) is 4.79 Å². The molecule has 1 unspecified atom stereocenters. The van der Waals surface area contributed by atoms with Crippen LogP contribution in [0.4, 0.5) is 0 Å². The Morgan fingerprint density at radius 2 is 1.85 bits per heavy atom.